The van der Waals surface area contributed by atoms with Crippen LogP contribution in [0.2, 0.25) is 0 Å². The molecule has 9 heteroatoms. The predicted octanol–water partition coefficient (Wildman–Crippen LogP) is 2.81. The van der Waals surface area contributed by atoms with Crippen LogP contribution < -0.4 is 19.5 Å². The minimum Gasteiger partial charge on any atom is -0.495 e. The number of fused-ring (bicyclic) bond motifs is 2. The van der Waals surface area contributed by atoms with E-state index in [4.69, 9.17) is 9.47 Å². The molecule has 1 saturated carbocycles. The number of nitrogens with one attached hydrogen (secondary N) is 2. The normalized spacial score (nSPS) is 16.6. The summed E-state index contributed by atoms with van der Waals surface area (Å²) >= 11 is 0. The lowest BCUT2D eigenvalue weighted by Crippen LogP contribution is -2.40. The third kappa shape index (κ3) is 3.83. The van der Waals surface area contributed by atoms with Crippen molar-refractivity contribution in [3.8, 4) is 11.5 Å². The number of para-hydroxylation sites is 1. The van der Waals surface area contributed by atoms with Gasteiger partial charge in [-0.05, 0) is 50.7 Å². The lowest BCUT2D eigenvalue weighted by molar-refractivity contribution is -0.123. The van der Waals surface area contributed by atoms with Crippen LogP contribution in [0, 0.1) is 0 Å². The summed E-state index contributed by atoms with van der Waals surface area (Å²) in [7, 11) is 1.40. The highest BCUT2D eigenvalue weighted by Gasteiger charge is 2.52. The Morgan fingerprint density at radius 2 is 1.90 bits per heavy atom. The van der Waals surface area contributed by atoms with Gasteiger partial charge in [-0.15, -0.1) is 0 Å². The van der Waals surface area contributed by atoms with Gasteiger partial charge in [-0.1, -0.05) is 18.6 Å². The van der Waals surface area contributed by atoms with E-state index in [1.807, 2.05) is 19.0 Å². The van der Waals surface area contributed by atoms with Crippen molar-refractivity contribution in [2.24, 2.45) is 0 Å². The molecule has 0 atom stereocenters. The molecule has 2 aromatic rings. The number of likely N-dealkylation sites (N-methyl/N-ethyl adjacent to an activating group) is 1. The third-order valence-corrected chi connectivity index (χ3v) is 7.33. The molecule has 0 radical (unpaired) electrons. The van der Waals surface area contributed by atoms with Crippen molar-refractivity contribution in [2.75, 3.05) is 44.4 Å². The van der Waals surface area contributed by atoms with E-state index in [1.165, 1.54) is 13.2 Å². The second-order valence-corrected chi connectivity index (χ2v) is 9.85. The fraction of sp³-hybridized carbons (Fsp3) is 0.409. The summed E-state index contributed by atoms with van der Waals surface area (Å²) in [6, 6.07) is 9.81. The van der Waals surface area contributed by atoms with Crippen LogP contribution in [0.4, 0.5) is 11.4 Å². The van der Waals surface area contributed by atoms with E-state index in [9.17, 15) is 13.2 Å². The summed E-state index contributed by atoms with van der Waals surface area (Å²) in [5, 5.41) is 2.96. The number of anilines is 2. The molecule has 1 aliphatic heterocycles. The molecule has 31 heavy (non-hydrogen) atoms. The van der Waals surface area contributed by atoms with Crippen LogP contribution in [0.5, 0.6) is 11.5 Å². The quantitative estimate of drug-likeness (QED) is 0.649. The zero-order valence-corrected chi connectivity index (χ0v) is 18.7. The van der Waals surface area contributed by atoms with Gasteiger partial charge in [0.25, 0.3) is 10.0 Å². The number of benzene rings is 2. The van der Waals surface area contributed by atoms with Crippen molar-refractivity contribution in [1.29, 1.82) is 0 Å². The first-order chi connectivity index (χ1) is 14.8. The fourth-order valence-electron chi connectivity index (χ4n) is 4.07. The molecule has 1 fully saturated rings. The number of carbonyl (C=O) groups is 1. The number of methoxy groups -OCH3 is 1. The smallest absolute Gasteiger partial charge is 0.265 e. The van der Waals surface area contributed by atoms with Crippen LogP contribution in [0.15, 0.2) is 41.3 Å². The van der Waals surface area contributed by atoms with Crippen molar-refractivity contribution in [3.63, 3.8) is 0 Å². The van der Waals surface area contributed by atoms with E-state index in [2.05, 4.69) is 10.0 Å². The summed E-state index contributed by atoms with van der Waals surface area (Å²) in [4.78, 5) is 14.8. The molecule has 0 aromatic heterocycles. The van der Waals surface area contributed by atoms with E-state index < -0.39 is 15.4 Å². The number of rotatable bonds is 8. The van der Waals surface area contributed by atoms with Gasteiger partial charge in [0.2, 0.25) is 5.91 Å². The fourth-order valence-corrected chi connectivity index (χ4v) is 5.28. The molecule has 166 valence electrons. The molecule has 1 aliphatic carbocycles. The van der Waals surface area contributed by atoms with Crippen molar-refractivity contribution in [3.05, 3.63) is 42.0 Å². The largest absolute Gasteiger partial charge is 0.495 e. The molecule has 2 aromatic carbocycles. The van der Waals surface area contributed by atoms with Crippen LogP contribution in [0.1, 0.15) is 24.8 Å². The number of hydrogen-bond donors (Lipinski definition) is 2. The Balaban J connectivity index is 1.72. The Morgan fingerprint density at radius 1 is 1.16 bits per heavy atom. The molecule has 2 N–H and O–H groups in total. The lowest BCUT2D eigenvalue weighted by atomic mass is 9.65. The number of amides is 1. The first kappa shape index (κ1) is 21.5. The predicted molar refractivity (Wildman–Crippen MR) is 118 cm³/mol. The Hall–Kier alpha value is -2.78. The standard InChI is InChI=1S/C22H27N3O5S/c1-25(2)11-12-30-18-14-15(13-16-20(18)23-21(26)22(16)9-6-10-22)24-31(27,28)19-8-5-4-7-17(19)29-3/h4-5,7-8,13-14,24H,6,9-12H2,1-3H3,(H,23,26). The van der Waals surface area contributed by atoms with Crippen LogP contribution >= 0.6 is 0 Å². The lowest BCUT2D eigenvalue weighted by Gasteiger charge is -2.36. The highest BCUT2D eigenvalue weighted by Crippen LogP contribution is 2.54. The Morgan fingerprint density at radius 3 is 2.55 bits per heavy atom. The van der Waals surface area contributed by atoms with Crippen molar-refractivity contribution < 1.29 is 22.7 Å². The monoisotopic (exact) mass is 445 g/mol. The van der Waals surface area contributed by atoms with E-state index in [0.29, 0.717) is 30.3 Å². The Bertz CT molecular complexity index is 1110. The van der Waals surface area contributed by atoms with Gasteiger partial charge in [0.15, 0.2) is 0 Å². The van der Waals surface area contributed by atoms with E-state index in [0.717, 1.165) is 24.8 Å². The minimum atomic E-state index is -3.91. The summed E-state index contributed by atoms with van der Waals surface area (Å²) in [5.41, 5.74) is 1.20. The zero-order valence-electron chi connectivity index (χ0n) is 17.9. The van der Waals surface area contributed by atoms with Gasteiger partial charge in [0, 0.05) is 12.6 Å². The molecule has 4 rings (SSSR count). The highest BCUT2D eigenvalue weighted by atomic mass is 32.2. The summed E-state index contributed by atoms with van der Waals surface area (Å²) in [6.07, 6.45) is 2.44. The third-order valence-electron chi connectivity index (χ3n) is 5.90. The molecule has 2 aliphatic rings. The van der Waals surface area contributed by atoms with Gasteiger partial charge in [0.05, 0.1) is 23.9 Å². The summed E-state index contributed by atoms with van der Waals surface area (Å²) in [6.45, 7) is 1.09. The molecule has 0 bridgehead atoms. The maximum Gasteiger partial charge on any atom is 0.265 e. The van der Waals surface area contributed by atoms with Crippen molar-refractivity contribution in [1.82, 2.24) is 4.90 Å². The molecule has 1 heterocycles. The number of carbonyl (C=O) groups excluding carboxylic acids is 1. The second kappa shape index (κ2) is 8.05. The highest BCUT2D eigenvalue weighted by molar-refractivity contribution is 7.92. The van der Waals surface area contributed by atoms with Gasteiger partial charge in [-0.2, -0.15) is 0 Å². The van der Waals surface area contributed by atoms with Gasteiger partial charge in [-0.25, -0.2) is 8.42 Å². The van der Waals surface area contributed by atoms with Crippen molar-refractivity contribution in [2.45, 2.75) is 29.6 Å². The van der Waals surface area contributed by atoms with Crippen LogP contribution in [-0.4, -0.2) is 53.6 Å². The zero-order chi connectivity index (χ0) is 22.2. The minimum absolute atomic E-state index is 0.0423. The van der Waals surface area contributed by atoms with Gasteiger partial charge < -0.3 is 19.7 Å². The second-order valence-electron chi connectivity index (χ2n) is 8.19. The van der Waals surface area contributed by atoms with Gasteiger partial charge in [0.1, 0.15) is 23.0 Å². The van der Waals surface area contributed by atoms with Crippen LogP contribution in [0.25, 0.3) is 0 Å². The van der Waals surface area contributed by atoms with Gasteiger partial charge in [-0.3, -0.25) is 9.52 Å². The first-order valence-corrected chi connectivity index (χ1v) is 11.7. The Labute approximate surface area is 182 Å². The number of sulfonamides is 1. The SMILES string of the molecule is COc1ccccc1S(=O)(=O)Nc1cc(OCCN(C)C)c2c(c1)C1(CCC1)C(=O)N2. The molecular weight excluding hydrogens is 418 g/mol. The molecule has 0 unspecified atom stereocenters. The molecule has 8 nitrogen and oxygen atoms in total. The Kier molecular flexibility index (Phi) is 5.57. The average Bonchev–Trinajstić information content (AvgIpc) is 2.99. The van der Waals surface area contributed by atoms with Crippen molar-refractivity contribution >= 4 is 27.3 Å². The molecule has 1 spiro atoms. The molecule has 1 amide bonds. The van der Waals surface area contributed by atoms with Crippen LogP contribution in [0.3, 0.4) is 0 Å². The number of ether oxygens (including phenoxy) is 2. The van der Waals surface area contributed by atoms with Gasteiger partial charge >= 0.3 is 0 Å². The van der Waals surface area contributed by atoms with E-state index >= 15 is 0 Å². The summed E-state index contributed by atoms with van der Waals surface area (Å²) in [5.74, 6) is 0.677. The topological polar surface area (TPSA) is 97.0 Å². The number of hydrogen-bond acceptors (Lipinski definition) is 6. The number of nitrogens with zero attached hydrogens (tertiary/aromatic N) is 1. The average molecular weight is 446 g/mol. The molecular formula is C22H27N3O5S. The van der Waals surface area contributed by atoms with Crippen LogP contribution in [-0.2, 0) is 20.2 Å². The summed E-state index contributed by atoms with van der Waals surface area (Å²) < 4.78 is 40.0. The van der Waals surface area contributed by atoms with E-state index in [-0.39, 0.29) is 16.6 Å². The van der Waals surface area contributed by atoms with E-state index in [1.54, 1.807) is 30.3 Å². The maximum atomic E-state index is 13.1. The maximum absolute atomic E-state index is 13.1. The first-order valence-electron chi connectivity index (χ1n) is 10.2. The molecule has 0 saturated heterocycles.